The van der Waals surface area contributed by atoms with Crippen LogP contribution >= 0.6 is 15.9 Å². The standard InChI is InChI=1S/C18H15BrN4O4/c19-14-8-4-3-7-13(14)17(26)22-21-16(25)12-6-2-1-5-11(12)10-23-15(24)9-20-18(23)27/h1-8H,9-10H2,(H,20,27)(H,21,25)(H,22,26). The number of amides is 5. The second kappa shape index (κ2) is 8.00. The molecule has 0 unspecified atom stereocenters. The number of halogens is 1. The highest BCUT2D eigenvalue weighted by molar-refractivity contribution is 9.10. The van der Waals surface area contributed by atoms with Crippen molar-refractivity contribution >= 4 is 39.7 Å². The van der Waals surface area contributed by atoms with Crippen molar-refractivity contribution in [3.63, 3.8) is 0 Å². The monoisotopic (exact) mass is 430 g/mol. The number of nitrogens with zero attached hydrogens (tertiary/aromatic N) is 1. The highest BCUT2D eigenvalue weighted by Crippen LogP contribution is 2.16. The number of nitrogens with one attached hydrogen (secondary N) is 3. The van der Waals surface area contributed by atoms with E-state index in [0.29, 0.717) is 15.6 Å². The number of imide groups is 1. The molecule has 1 aliphatic rings. The van der Waals surface area contributed by atoms with E-state index in [-0.39, 0.29) is 24.6 Å². The van der Waals surface area contributed by atoms with Gasteiger partial charge in [-0.3, -0.25) is 30.1 Å². The van der Waals surface area contributed by atoms with Crippen molar-refractivity contribution in [2.75, 3.05) is 6.54 Å². The molecule has 3 N–H and O–H groups in total. The van der Waals surface area contributed by atoms with Crippen LogP contribution in [0.1, 0.15) is 26.3 Å². The van der Waals surface area contributed by atoms with Gasteiger partial charge in [0, 0.05) is 10.0 Å². The van der Waals surface area contributed by atoms with Gasteiger partial charge < -0.3 is 5.32 Å². The molecule has 0 aliphatic carbocycles. The zero-order chi connectivity index (χ0) is 19.4. The summed E-state index contributed by atoms with van der Waals surface area (Å²) in [6.07, 6.45) is 0. The van der Waals surface area contributed by atoms with Crippen LogP contribution in [0, 0.1) is 0 Å². The molecule has 1 fully saturated rings. The number of rotatable bonds is 4. The summed E-state index contributed by atoms with van der Waals surface area (Å²) in [6.45, 7) is -0.0956. The Morgan fingerprint density at radius 2 is 1.56 bits per heavy atom. The van der Waals surface area contributed by atoms with Gasteiger partial charge in [0.1, 0.15) is 0 Å². The Hall–Kier alpha value is -3.20. The molecular weight excluding hydrogens is 416 g/mol. The van der Waals surface area contributed by atoms with Crippen molar-refractivity contribution in [1.82, 2.24) is 21.1 Å². The molecule has 9 heteroatoms. The summed E-state index contributed by atoms with van der Waals surface area (Å²) in [5.41, 5.74) is 5.79. The Morgan fingerprint density at radius 3 is 2.19 bits per heavy atom. The lowest BCUT2D eigenvalue weighted by atomic mass is 10.1. The predicted octanol–water partition coefficient (Wildman–Crippen LogP) is 1.58. The summed E-state index contributed by atoms with van der Waals surface area (Å²) in [5, 5.41) is 2.43. The fourth-order valence-electron chi connectivity index (χ4n) is 2.56. The summed E-state index contributed by atoms with van der Waals surface area (Å²) in [6, 6.07) is 12.8. The molecular formula is C18H15BrN4O4. The van der Waals surface area contributed by atoms with Crippen molar-refractivity contribution in [2.24, 2.45) is 0 Å². The van der Waals surface area contributed by atoms with Crippen LogP contribution in [-0.4, -0.2) is 35.2 Å². The summed E-state index contributed by atoms with van der Waals surface area (Å²) < 4.78 is 0.593. The maximum absolute atomic E-state index is 12.5. The van der Waals surface area contributed by atoms with E-state index in [1.807, 2.05) is 0 Å². The van der Waals surface area contributed by atoms with Crippen molar-refractivity contribution < 1.29 is 19.2 Å². The van der Waals surface area contributed by atoms with Gasteiger partial charge in [-0.1, -0.05) is 30.3 Å². The van der Waals surface area contributed by atoms with Gasteiger partial charge in [-0.15, -0.1) is 0 Å². The number of carbonyl (C=O) groups excluding carboxylic acids is 4. The Balaban J connectivity index is 1.70. The number of carbonyl (C=O) groups is 4. The zero-order valence-electron chi connectivity index (χ0n) is 14.0. The summed E-state index contributed by atoms with van der Waals surface area (Å²) >= 11 is 3.27. The second-order valence-electron chi connectivity index (χ2n) is 5.68. The molecule has 1 saturated heterocycles. The van der Waals surface area contributed by atoms with E-state index >= 15 is 0 Å². The third kappa shape index (κ3) is 4.14. The van der Waals surface area contributed by atoms with Crippen LogP contribution in [-0.2, 0) is 11.3 Å². The Bertz CT molecular complexity index is 915. The van der Waals surface area contributed by atoms with E-state index in [2.05, 4.69) is 32.1 Å². The van der Waals surface area contributed by atoms with Gasteiger partial charge in [0.15, 0.2) is 0 Å². The summed E-state index contributed by atoms with van der Waals surface area (Å²) in [7, 11) is 0. The third-order valence-corrected chi connectivity index (χ3v) is 4.63. The first-order chi connectivity index (χ1) is 13.0. The molecule has 27 heavy (non-hydrogen) atoms. The van der Waals surface area contributed by atoms with Crippen LogP contribution in [0.15, 0.2) is 53.0 Å². The molecule has 5 amide bonds. The van der Waals surface area contributed by atoms with Crippen LogP contribution in [0.25, 0.3) is 0 Å². The summed E-state index contributed by atoms with van der Waals surface area (Å²) in [5.74, 6) is -1.40. The van der Waals surface area contributed by atoms with E-state index < -0.39 is 17.8 Å². The predicted molar refractivity (Wildman–Crippen MR) is 99.5 cm³/mol. The first-order valence-electron chi connectivity index (χ1n) is 7.98. The van der Waals surface area contributed by atoms with Crippen LogP contribution in [0.3, 0.4) is 0 Å². The molecule has 0 radical (unpaired) electrons. The van der Waals surface area contributed by atoms with E-state index in [0.717, 1.165) is 4.90 Å². The third-order valence-electron chi connectivity index (χ3n) is 3.94. The largest absolute Gasteiger partial charge is 0.329 e. The Kier molecular flexibility index (Phi) is 5.51. The number of hydrogen-bond donors (Lipinski definition) is 3. The minimum absolute atomic E-state index is 0.0353. The number of urea groups is 1. The molecule has 3 rings (SSSR count). The first kappa shape index (κ1) is 18.6. The fourth-order valence-corrected chi connectivity index (χ4v) is 3.02. The van der Waals surface area contributed by atoms with Gasteiger partial charge >= 0.3 is 6.03 Å². The van der Waals surface area contributed by atoms with E-state index in [1.165, 1.54) is 0 Å². The minimum Gasteiger partial charge on any atom is -0.329 e. The maximum atomic E-state index is 12.5. The molecule has 1 heterocycles. The second-order valence-corrected chi connectivity index (χ2v) is 6.54. The molecule has 8 nitrogen and oxygen atoms in total. The topological polar surface area (TPSA) is 108 Å². The van der Waals surface area contributed by atoms with Crippen LogP contribution in [0.5, 0.6) is 0 Å². The number of hydrazine groups is 1. The van der Waals surface area contributed by atoms with E-state index in [4.69, 9.17) is 0 Å². The fraction of sp³-hybridized carbons (Fsp3) is 0.111. The van der Waals surface area contributed by atoms with Gasteiger partial charge in [0.2, 0.25) is 5.91 Å². The molecule has 0 aromatic heterocycles. The molecule has 0 bridgehead atoms. The maximum Gasteiger partial charge on any atom is 0.324 e. The van der Waals surface area contributed by atoms with Gasteiger partial charge in [-0.25, -0.2) is 4.79 Å². The lowest BCUT2D eigenvalue weighted by Crippen LogP contribution is -2.42. The molecule has 2 aromatic rings. The molecule has 0 saturated carbocycles. The average Bonchev–Trinajstić information content (AvgIpc) is 2.98. The van der Waals surface area contributed by atoms with Crippen LogP contribution in [0.4, 0.5) is 4.79 Å². The molecule has 0 atom stereocenters. The average molecular weight is 431 g/mol. The van der Waals surface area contributed by atoms with Crippen molar-refractivity contribution in [3.8, 4) is 0 Å². The summed E-state index contributed by atoms with van der Waals surface area (Å²) in [4.78, 5) is 49.2. The molecule has 138 valence electrons. The normalized spacial score (nSPS) is 13.3. The minimum atomic E-state index is -0.557. The van der Waals surface area contributed by atoms with Crippen molar-refractivity contribution in [3.05, 3.63) is 69.7 Å². The van der Waals surface area contributed by atoms with Crippen LogP contribution in [0.2, 0.25) is 0 Å². The quantitative estimate of drug-likeness (QED) is 0.505. The SMILES string of the molecule is O=C(NNC(=O)c1ccccc1CN1C(=O)CNC1=O)c1ccccc1Br. The Labute approximate surface area is 163 Å². The smallest absolute Gasteiger partial charge is 0.324 e. The highest BCUT2D eigenvalue weighted by atomic mass is 79.9. The molecule has 1 aliphatic heterocycles. The molecule has 2 aromatic carbocycles. The van der Waals surface area contributed by atoms with Crippen molar-refractivity contribution in [1.29, 1.82) is 0 Å². The van der Waals surface area contributed by atoms with Gasteiger partial charge in [0.25, 0.3) is 11.8 Å². The van der Waals surface area contributed by atoms with E-state index in [9.17, 15) is 19.2 Å². The van der Waals surface area contributed by atoms with Crippen molar-refractivity contribution in [2.45, 2.75) is 6.54 Å². The first-order valence-corrected chi connectivity index (χ1v) is 8.78. The van der Waals surface area contributed by atoms with Gasteiger partial charge in [-0.2, -0.15) is 0 Å². The van der Waals surface area contributed by atoms with Gasteiger partial charge in [0.05, 0.1) is 18.7 Å². The Morgan fingerprint density at radius 1 is 0.963 bits per heavy atom. The number of benzene rings is 2. The number of hydrogen-bond acceptors (Lipinski definition) is 4. The molecule has 0 spiro atoms. The van der Waals surface area contributed by atoms with E-state index in [1.54, 1.807) is 48.5 Å². The lowest BCUT2D eigenvalue weighted by molar-refractivity contribution is -0.125. The zero-order valence-corrected chi connectivity index (χ0v) is 15.6. The lowest BCUT2D eigenvalue weighted by Gasteiger charge is -2.16. The van der Waals surface area contributed by atoms with Gasteiger partial charge in [-0.05, 0) is 39.7 Å². The van der Waals surface area contributed by atoms with Crippen LogP contribution < -0.4 is 16.2 Å². The highest BCUT2D eigenvalue weighted by Gasteiger charge is 2.29.